The third-order valence-corrected chi connectivity index (χ3v) is 5.86. The Morgan fingerprint density at radius 3 is 2.81 bits per heavy atom. The van der Waals surface area contributed by atoms with Gasteiger partial charge in [-0.25, -0.2) is 0 Å². The lowest BCUT2D eigenvalue weighted by atomic mass is 9.95. The van der Waals surface area contributed by atoms with Gasteiger partial charge in [-0.05, 0) is 62.9 Å². The van der Waals surface area contributed by atoms with E-state index >= 15 is 0 Å². The molecule has 1 fully saturated rings. The third kappa shape index (κ3) is 5.12. The fraction of sp³-hybridized carbons (Fsp3) is 0.435. The lowest BCUT2D eigenvalue weighted by Crippen LogP contribution is -2.43. The highest BCUT2D eigenvalue weighted by atomic mass is 35.5. The molecule has 3 rings (SSSR count). The van der Waals surface area contributed by atoms with E-state index in [4.69, 9.17) is 11.6 Å². The van der Waals surface area contributed by atoms with Gasteiger partial charge < -0.3 is 5.32 Å². The number of benzene rings is 2. The van der Waals surface area contributed by atoms with Gasteiger partial charge in [0.05, 0.1) is 12.0 Å². The number of hydrogen-bond acceptors (Lipinski definition) is 2. The Bertz CT molecular complexity index is 805. The molecule has 0 unspecified atom stereocenters. The molecule has 0 radical (unpaired) electrons. The van der Waals surface area contributed by atoms with E-state index in [1.807, 2.05) is 18.2 Å². The molecule has 1 amide bonds. The molecular weight excluding hydrogens is 356 g/mol. The van der Waals surface area contributed by atoms with Crippen LogP contribution in [0.25, 0.3) is 0 Å². The highest BCUT2D eigenvalue weighted by Gasteiger charge is 2.27. The van der Waals surface area contributed by atoms with Gasteiger partial charge in [0.2, 0.25) is 5.91 Å². The van der Waals surface area contributed by atoms with Gasteiger partial charge in [-0.2, -0.15) is 0 Å². The second-order valence-corrected chi connectivity index (χ2v) is 8.16. The van der Waals surface area contributed by atoms with Gasteiger partial charge in [-0.3, -0.25) is 9.69 Å². The zero-order chi connectivity index (χ0) is 19.4. The quantitative estimate of drug-likeness (QED) is 0.782. The van der Waals surface area contributed by atoms with E-state index in [0.717, 1.165) is 43.1 Å². The molecule has 4 heteroatoms. The molecule has 0 aromatic heterocycles. The topological polar surface area (TPSA) is 32.3 Å². The number of hydrogen-bond donors (Lipinski definition) is 1. The van der Waals surface area contributed by atoms with Crippen LogP contribution in [0.1, 0.15) is 48.1 Å². The summed E-state index contributed by atoms with van der Waals surface area (Å²) in [6, 6.07) is 14.4. The zero-order valence-corrected chi connectivity index (χ0v) is 17.2. The maximum Gasteiger partial charge on any atom is 0.224 e. The van der Waals surface area contributed by atoms with Gasteiger partial charge in [-0.15, -0.1) is 0 Å². The van der Waals surface area contributed by atoms with Gasteiger partial charge >= 0.3 is 0 Å². The number of halogens is 1. The Hall–Kier alpha value is -1.84. The number of piperidine rings is 1. The van der Waals surface area contributed by atoms with E-state index in [2.05, 4.69) is 55.3 Å². The van der Waals surface area contributed by atoms with Crippen LogP contribution in [0, 0.1) is 19.8 Å². The monoisotopic (exact) mass is 384 g/mol. The van der Waals surface area contributed by atoms with Crippen molar-refractivity contribution in [1.29, 1.82) is 0 Å². The molecule has 1 saturated heterocycles. The summed E-state index contributed by atoms with van der Waals surface area (Å²) in [5.74, 6) is 0.195. The lowest BCUT2D eigenvalue weighted by molar-refractivity contribution is -0.127. The number of rotatable bonds is 5. The van der Waals surface area contributed by atoms with Crippen molar-refractivity contribution in [2.75, 3.05) is 13.1 Å². The van der Waals surface area contributed by atoms with Crippen molar-refractivity contribution in [1.82, 2.24) is 10.2 Å². The molecule has 1 heterocycles. The summed E-state index contributed by atoms with van der Waals surface area (Å²) in [6.07, 6.45) is 1.99. The van der Waals surface area contributed by atoms with Crippen molar-refractivity contribution in [3.05, 3.63) is 69.7 Å². The summed E-state index contributed by atoms with van der Waals surface area (Å²) in [5, 5.41) is 4.04. The molecular formula is C23H29ClN2O. The number of nitrogens with one attached hydrogen (secondary N) is 1. The molecule has 0 saturated carbocycles. The minimum absolute atomic E-state index is 0.0244. The zero-order valence-electron chi connectivity index (χ0n) is 16.5. The summed E-state index contributed by atoms with van der Waals surface area (Å²) in [6.45, 7) is 8.87. The fourth-order valence-corrected chi connectivity index (χ4v) is 4.11. The van der Waals surface area contributed by atoms with Crippen molar-refractivity contribution >= 4 is 17.5 Å². The Morgan fingerprint density at radius 2 is 2.04 bits per heavy atom. The van der Waals surface area contributed by atoms with Gasteiger partial charge in [0.25, 0.3) is 0 Å². The summed E-state index contributed by atoms with van der Waals surface area (Å²) >= 11 is 6.30. The van der Waals surface area contributed by atoms with Crippen molar-refractivity contribution in [2.45, 2.75) is 46.2 Å². The number of likely N-dealkylation sites (tertiary alicyclic amines) is 1. The Kier molecular flexibility index (Phi) is 6.56. The normalized spacial score (nSPS) is 18.9. The van der Waals surface area contributed by atoms with Crippen LogP contribution in [0.2, 0.25) is 5.02 Å². The summed E-state index contributed by atoms with van der Waals surface area (Å²) in [7, 11) is 0. The number of carbonyl (C=O) groups excluding carboxylic acids is 1. The van der Waals surface area contributed by atoms with Crippen molar-refractivity contribution in [3.8, 4) is 0 Å². The van der Waals surface area contributed by atoms with Crippen LogP contribution in [0.5, 0.6) is 0 Å². The smallest absolute Gasteiger partial charge is 0.224 e. The third-order valence-electron chi connectivity index (χ3n) is 5.49. The number of carbonyl (C=O) groups is 1. The lowest BCUT2D eigenvalue weighted by Gasteiger charge is -2.33. The van der Waals surface area contributed by atoms with Gasteiger partial charge in [0.15, 0.2) is 0 Å². The number of aryl methyl sites for hydroxylation is 2. The van der Waals surface area contributed by atoms with Crippen LogP contribution in [0.3, 0.4) is 0 Å². The first-order valence-electron chi connectivity index (χ1n) is 9.77. The van der Waals surface area contributed by atoms with Crippen molar-refractivity contribution in [2.24, 2.45) is 5.92 Å². The summed E-state index contributed by atoms with van der Waals surface area (Å²) in [5.41, 5.74) is 4.77. The van der Waals surface area contributed by atoms with E-state index in [9.17, 15) is 4.79 Å². The van der Waals surface area contributed by atoms with E-state index in [1.165, 1.54) is 16.7 Å². The predicted octanol–water partition coefficient (Wildman–Crippen LogP) is 5.05. The Morgan fingerprint density at radius 1 is 1.26 bits per heavy atom. The molecule has 3 nitrogen and oxygen atoms in total. The van der Waals surface area contributed by atoms with E-state index < -0.39 is 0 Å². The van der Waals surface area contributed by atoms with Crippen LogP contribution in [-0.2, 0) is 11.3 Å². The minimum Gasteiger partial charge on any atom is -0.349 e. The highest BCUT2D eigenvalue weighted by molar-refractivity contribution is 6.31. The highest BCUT2D eigenvalue weighted by Crippen LogP contribution is 2.24. The van der Waals surface area contributed by atoms with Crippen LogP contribution < -0.4 is 5.32 Å². The van der Waals surface area contributed by atoms with Gasteiger partial charge in [-0.1, -0.05) is 53.6 Å². The average Bonchev–Trinajstić information content (AvgIpc) is 2.65. The molecule has 0 bridgehead atoms. The molecule has 1 N–H and O–H groups in total. The molecule has 2 atom stereocenters. The Balaban J connectivity index is 1.61. The molecule has 1 aliphatic heterocycles. The first-order chi connectivity index (χ1) is 12.9. The SMILES string of the molecule is Cc1ccc(C)c([C@H](C)NC(=O)[C@@H]2CCCN(Cc3ccccc3Cl)C2)c1. The maximum atomic E-state index is 12.9. The average molecular weight is 385 g/mol. The number of nitrogens with zero attached hydrogens (tertiary/aromatic N) is 1. The van der Waals surface area contributed by atoms with Crippen LogP contribution in [-0.4, -0.2) is 23.9 Å². The molecule has 0 aliphatic carbocycles. The van der Waals surface area contributed by atoms with Gasteiger partial charge in [0, 0.05) is 18.1 Å². The van der Waals surface area contributed by atoms with E-state index in [-0.39, 0.29) is 17.9 Å². The van der Waals surface area contributed by atoms with Crippen LogP contribution in [0.15, 0.2) is 42.5 Å². The fourth-order valence-electron chi connectivity index (χ4n) is 3.92. The summed E-state index contributed by atoms with van der Waals surface area (Å²) in [4.78, 5) is 15.2. The molecule has 2 aromatic carbocycles. The largest absolute Gasteiger partial charge is 0.349 e. The Labute approximate surface area is 167 Å². The molecule has 144 valence electrons. The molecule has 2 aromatic rings. The first-order valence-corrected chi connectivity index (χ1v) is 10.1. The molecule has 1 aliphatic rings. The first kappa shape index (κ1) is 19.9. The van der Waals surface area contributed by atoms with Crippen LogP contribution >= 0.6 is 11.6 Å². The molecule has 27 heavy (non-hydrogen) atoms. The standard InChI is InChI=1S/C23H29ClN2O/c1-16-10-11-17(2)21(13-16)18(3)25-23(27)20-8-6-12-26(15-20)14-19-7-4-5-9-22(19)24/h4-5,7,9-11,13,18,20H,6,8,12,14-15H2,1-3H3,(H,25,27)/t18-,20+/m0/s1. The van der Waals surface area contributed by atoms with Crippen molar-refractivity contribution < 1.29 is 4.79 Å². The molecule has 0 spiro atoms. The van der Waals surface area contributed by atoms with Gasteiger partial charge in [0.1, 0.15) is 0 Å². The predicted molar refractivity (Wildman–Crippen MR) is 112 cm³/mol. The van der Waals surface area contributed by atoms with Crippen LogP contribution in [0.4, 0.5) is 0 Å². The maximum absolute atomic E-state index is 12.9. The summed E-state index contributed by atoms with van der Waals surface area (Å²) < 4.78 is 0. The second kappa shape index (κ2) is 8.90. The van der Waals surface area contributed by atoms with Crippen molar-refractivity contribution in [3.63, 3.8) is 0 Å². The van der Waals surface area contributed by atoms with E-state index in [0.29, 0.717) is 0 Å². The minimum atomic E-state index is 0.0244. The van der Waals surface area contributed by atoms with E-state index in [1.54, 1.807) is 0 Å². The number of amides is 1. The second-order valence-electron chi connectivity index (χ2n) is 7.76.